The highest BCUT2D eigenvalue weighted by Gasteiger charge is 2.11. The van der Waals surface area contributed by atoms with Crippen LogP contribution in [0.4, 0.5) is 4.39 Å². The number of para-hydroxylation sites is 1. The lowest BCUT2D eigenvalue weighted by molar-refractivity contribution is 0.0451. The van der Waals surface area contributed by atoms with Crippen molar-refractivity contribution in [2.75, 3.05) is 0 Å². The highest BCUT2D eigenvalue weighted by molar-refractivity contribution is 5.78. The second kappa shape index (κ2) is 10.2. The van der Waals surface area contributed by atoms with Crippen molar-refractivity contribution in [2.24, 2.45) is 5.90 Å². The van der Waals surface area contributed by atoms with Crippen molar-refractivity contribution in [2.45, 2.75) is 32.0 Å². The molecular weight excluding hydrogens is 391 g/mol. The number of pyridine rings is 1. The fourth-order valence-corrected chi connectivity index (χ4v) is 3.58. The fraction of sp³-hybridized carbons (Fsp3) is 0.192. The predicted octanol–water partition coefficient (Wildman–Crippen LogP) is 5.91. The number of halogens is 1. The molecule has 0 amide bonds. The molecule has 0 spiro atoms. The molecule has 0 saturated heterocycles. The number of benzene rings is 3. The number of nitrogens with two attached hydrogens (primary N) is 1. The van der Waals surface area contributed by atoms with E-state index in [4.69, 9.17) is 15.5 Å². The molecule has 4 nitrogen and oxygen atoms in total. The topological polar surface area (TPSA) is 57.4 Å². The molecule has 4 rings (SSSR count). The maximum atomic E-state index is 13.0. The second-order valence-electron chi connectivity index (χ2n) is 7.50. The van der Waals surface area contributed by atoms with Crippen molar-refractivity contribution >= 4 is 10.9 Å². The van der Waals surface area contributed by atoms with Gasteiger partial charge >= 0.3 is 0 Å². The van der Waals surface area contributed by atoms with Gasteiger partial charge in [0.2, 0.25) is 0 Å². The highest BCUT2D eigenvalue weighted by atomic mass is 19.1. The summed E-state index contributed by atoms with van der Waals surface area (Å²) in [5.74, 6) is 6.08. The number of aryl methyl sites for hydroxylation is 1. The summed E-state index contributed by atoms with van der Waals surface area (Å²) < 4.78 is 18.9. The van der Waals surface area contributed by atoms with Gasteiger partial charge < -0.3 is 4.74 Å². The van der Waals surface area contributed by atoms with E-state index in [-0.39, 0.29) is 11.9 Å². The summed E-state index contributed by atoms with van der Waals surface area (Å²) in [6, 6.07) is 26.4. The van der Waals surface area contributed by atoms with Crippen LogP contribution in [-0.4, -0.2) is 4.98 Å². The van der Waals surface area contributed by atoms with Crippen LogP contribution in [0.1, 0.15) is 35.8 Å². The van der Waals surface area contributed by atoms with E-state index in [1.165, 1.54) is 12.1 Å². The standard InChI is InChI=1S/C26H25FN2O2/c27-22-13-8-19(9-14-22)4-3-7-26(31-28)21-11-16-24(17-12-21)30-18-23-15-10-20-5-1-2-6-25(20)29-23/h1-2,5-6,8-17,26H,3-4,7,18,28H2. The molecule has 1 aromatic heterocycles. The lowest BCUT2D eigenvalue weighted by atomic mass is 10.0. The average Bonchev–Trinajstić information content (AvgIpc) is 2.82. The van der Waals surface area contributed by atoms with E-state index in [2.05, 4.69) is 11.1 Å². The van der Waals surface area contributed by atoms with Gasteiger partial charge in [-0.3, -0.25) is 4.84 Å². The minimum Gasteiger partial charge on any atom is -0.487 e. The van der Waals surface area contributed by atoms with Crippen molar-refractivity contribution in [3.8, 4) is 5.75 Å². The Labute approximate surface area is 181 Å². The number of ether oxygens (including phenoxy) is 1. The number of rotatable bonds is 9. The molecule has 1 atom stereocenters. The van der Waals surface area contributed by atoms with E-state index in [9.17, 15) is 4.39 Å². The molecule has 4 aromatic rings. The molecule has 0 aliphatic rings. The Hall–Kier alpha value is -3.28. The van der Waals surface area contributed by atoms with Gasteiger partial charge in [-0.2, -0.15) is 0 Å². The molecule has 3 aromatic carbocycles. The van der Waals surface area contributed by atoms with E-state index in [0.717, 1.165) is 52.7 Å². The Kier molecular flexibility index (Phi) is 6.87. The molecule has 0 radical (unpaired) electrons. The largest absolute Gasteiger partial charge is 0.487 e. The molecule has 1 heterocycles. The SMILES string of the molecule is NOC(CCCc1ccc(F)cc1)c1ccc(OCc2ccc3ccccc3n2)cc1. The van der Waals surface area contributed by atoms with Crippen molar-refractivity contribution in [3.05, 3.63) is 108 Å². The van der Waals surface area contributed by atoms with Gasteiger partial charge in [-0.1, -0.05) is 48.5 Å². The van der Waals surface area contributed by atoms with Crippen LogP contribution < -0.4 is 10.6 Å². The zero-order valence-electron chi connectivity index (χ0n) is 17.2. The van der Waals surface area contributed by atoms with Crippen LogP contribution in [0.5, 0.6) is 5.75 Å². The fourth-order valence-electron chi connectivity index (χ4n) is 3.58. The van der Waals surface area contributed by atoms with Gasteiger partial charge in [-0.25, -0.2) is 15.3 Å². The number of aromatic nitrogens is 1. The van der Waals surface area contributed by atoms with E-state index >= 15 is 0 Å². The van der Waals surface area contributed by atoms with Crippen LogP contribution in [0.2, 0.25) is 0 Å². The number of hydrogen-bond donors (Lipinski definition) is 1. The highest BCUT2D eigenvalue weighted by Crippen LogP contribution is 2.25. The van der Waals surface area contributed by atoms with Crippen molar-refractivity contribution in [3.63, 3.8) is 0 Å². The first kappa shape index (κ1) is 21.0. The number of fused-ring (bicyclic) bond motifs is 1. The van der Waals surface area contributed by atoms with Crippen LogP contribution in [0.25, 0.3) is 10.9 Å². The third-order valence-electron chi connectivity index (χ3n) is 5.30. The predicted molar refractivity (Wildman–Crippen MR) is 120 cm³/mol. The van der Waals surface area contributed by atoms with Crippen LogP contribution in [0.15, 0.2) is 84.9 Å². The van der Waals surface area contributed by atoms with E-state index in [0.29, 0.717) is 6.61 Å². The molecular formula is C26H25FN2O2. The Bertz CT molecular complexity index is 1110. The van der Waals surface area contributed by atoms with Gasteiger partial charge in [0.1, 0.15) is 24.3 Å². The van der Waals surface area contributed by atoms with Gasteiger partial charge in [0.05, 0.1) is 11.2 Å². The van der Waals surface area contributed by atoms with E-state index < -0.39 is 0 Å². The summed E-state index contributed by atoms with van der Waals surface area (Å²) in [4.78, 5) is 9.82. The number of hydrogen-bond acceptors (Lipinski definition) is 4. The monoisotopic (exact) mass is 416 g/mol. The maximum absolute atomic E-state index is 13.0. The molecule has 0 fully saturated rings. The zero-order valence-corrected chi connectivity index (χ0v) is 17.2. The molecule has 0 saturated carbocycles. The van der Waals surface area contributed by atoms with E-state index in [1.54, 1.807) is 0 Å². The van der Waals surface area contributed by atoms with Crippen LogP contribution in [0, 0.1) is 5.82 Å². The van der Waals surface area contributed by atoms with Crippen molar-refractivity contribution < 1.29 is 14.0 Å². The third-order valence-corrected chi connectivity index (χ3v) is 5.30. The normalized spacial score (nSPS) is 12.1. The minimum absolute atomic E-state index is 0.198. The molecule has 31 heavy (non-hydrogen) atoms. The lowest BCUT2D eigenvalue weighted by Crippen LogP contribution is -2.10. The van der Waals surface area contributed by atoms with E-state index in [1.807, 2.05) is 66.7 Å². The molecule has 0 bridgehead atoms. The summed E-state index contributed by atoms with van der Waals surface area (Å²) in [5.41, 5.74) is 3.94. The average molecular weight is 416 g/mol. The minimum atomic E-state index is -0.217. The maximum Gasteiger partial charge on any atom is 0.130 e. The Morgan fingerprint density at radius 1 is 0.871 bits per heavy atom. The summed E-state index contributed by atoms with van der Waals surface area (Å²) in [6.45, 7) is 0.401. The first-order valence-electron chi connectivity index (χ1n) is 10.4. The molecule has 158 valence electrons. The van der Waals surface area contributed by atoms with Crippen molar-refractivity contribution in [1.82, 2.24) is 4.98 Å². The molecule has 1 unspecified atom stereocenters. The van der Waals surface area contributed by atoms with Gasteiger partial charge in [0, 0.05) is 5.39 Å². The quantitative estimate of drug-likeness (QED) is 0.345. The van der Waals surface area contributed by atoms with Gasteiger partial charge in [-0.05, 0) is 66.8 Å². The van der Waals surface area contributed by atoms with Gasteiger partial charge in [0.15, 0.2) is 0 Å². The second-order valence-corrected chi connectivity index (χ2v) is 7.50. The summed E-state index contributed by atoms with van der Waals surface area (Å²) in [6.07, 6.45) is 2.31. The molecule has 0 aliphatic heterocycles. The van der Waals surface area contributed by atoms with Crippen LogP contribution in [-0.2, 0) is 17.9 Å². The lowest BCUT2D eigenvalue weighted by Gasteiger charge is -2.15. The summed E-state index contributed by atoms with van der Waals surface area (Å²) >= 11 is 0. The molecule has 5 heteroatoms. The van der Waals surface area contributed by atoms with Gasteiger partial charge in [-0.15, -0.1) is 0 Å². The van der Waals surface area contributed by atoms with Crippen LogP contribution in [0.3, 0.4) is 0 Å². The third kappa shape index (κ3) is 5.66. The molecule has 0 aliphatic carbocycles. The van der Waals surface area contributed by atoms with Crippen LogP contribution >= 0.6 is 0 Å². The first-order chi connectivity index (χ1) is 15.2. The number of nitrogens with zero attached hydrogens (tertiary/aromatic N) is 1. The summed E-state index contributed by atoms with van der Waals surface area (Å²) in [5, 5.41) is 1.11. The Morgan fingerprint density at radius 3 is 2.42 bits per heavy atom. The Balaban J connectivity index is 1.30. The zero-order chi connectivity index (χ0) is 21.5. The van der Waals surface area contributed by atoms with Gasteiger partial charge in [0.25, 0.3) is 0 Å². The first-order valence-corrected chi connectivity index (χ1v) is 10.4. The Morgan fingerprint density at radius 2 is 1.65 bits per heavy atom. The molecule has 2 N–H and O–H groups in total. The smallest absolute Gasteiger partial charge is 0.130 e. The van der Waals surface area contributed by atoms with Crippen molar-refractivity contribution in [1.29, 1.82) is 0 Å². The summed E-state index contributed by atoms with van der Waals surface area (Å²) in [7, 11) is 0.